The molecule has 0 atom stereocenters. The number of hydrogen-bond acceptors (Lipinski definition) is 3. The molecule has 4 saturated carbocycles. The van der Waals surface area contributed by atoms with Crippen molar-refractivity contribution in [3.63, 3.8) is 0 Å². The van der Waals surface area contributed by atoms with Crippen LogP contribution in [0, 0.1) is 24.7 Å². The van der Waals surface area contributed by atoms with Crippen LogP contribution in [0.1, 0.15) is 63.5 Å². The highest BCUT2D eigenvalue weighted by atomic mass is 16.2. The van der Waals surface area contributed by atoms with Crippen molar-refractivity contribution in [2.24, 2.45) is 24.8 Å². The Balaban J connectivity index is 1.15. The van der Waals surface area contributed by atoms with Gasteiger partial charge in [-0.1, -0.05) is 18.2 Å². The van der Waals surface area contributed by atoms with Crippen LogP contribution in [0.3, 0.4) is 0 Å². The van der Waals surface area contributed by atoms with Crippen molar-refractivity contribution < 1.29 is 9.59 Å². The van der Waals surface area contributed by atoms with Gasteiger partial charge in [0.15, 0.2) is 0 Å². The SMILES string of the molecule is Cc1c(NC(=O)CCCC(=O)NC23CC4CC(CC(C4)C2)C3)c(=O)n(-c2ccccc2)n1C. The fourth-order valence-electron chi connectivity index (χ4n) is 6.95. The van der Waals surface area contributed by atoms with E-state index in [0.29, 0.717) is 24.2 Å². The van der Waals surface area contributed by atoms with Gasteiger partial charge in [0.25, 0.3) is 5.56 Å². The maximum Gasteiger partial charge on any atom is 0.295 e. The molecule has 7 nitrogen and oxygen atoms in total. The minimum Gasteiger partial charge on any atom is -0.351 e. The molecule has 33 heavy (non-hydrogen) atoms. The van der Waals surface area contributed by atoms with Gasteiger partial charge in [-0.3, -0.25) is 19.1 Å². The highest BCUT2D eigenvalue weighted by Gasteiger charge is 2.51. The first kappa shape index (κ1) is 22.0. The molecule has 0 aliphatic heterocycles. The normalized spacial score (nSPS) is 27.5. The third-order valence-electron chi connectivity index (χ3n) is 8.07. The van der Waals surface area contributed by atoms with Gasteiger partial charge in [-0.05, 0) is 81.8 Å². The molecule has 0 unspecified atom stereocenters. The zero-order valence-corrected chi connectivity index (χ0v) is 19.6. The minimum absolute atomic E-state index is 0.0117. The van der Waals surface area contributed by atoms with E-state index in [1.165, 1.54) is 19.3 Å². The lowest BCUT2D eigenvalue weighted by atomic mass is 9.53. The lowest BCUT2D eigenvalue weighted by Crippen LogP contribution is -2.59. The van der Waals surface area contributed by atoms with Gasteiger partial charge in [-0.15, -0.1) is 0 Å². The molecule has 176 valence electrons. The molecule has 4 fully saturated rings. The van der Waals surface area contributed by atoms with Crippen molar-refractivity contribution in [2.75, 3.05) is 5.32 Å². The summed E-state index contributed by atoms with van der Waals surface area (Å²) < 4.78 is 3.29. The molecule has 1 aromatic heterocycles. The Kier molecular flexibility index (Phi) is 5.67. The fraction of sp³-hybridized carbons (Fsp3) is 0.577. The van der Waals surface area contributed by atoms with Crippen LogP contribution in [0.4, 0.5) is 5.69 Å². The second-order valence-electron chi connectivity index (χ2n) is 10.6. The van der Waals surface area contributed by atoms with E-state index in [1.807, 2.05) is 37.3 Å². The molecule has 4 aliphatic carbocycles. The summed E-state index contributed by atoms with van der Waals surface area (Å²) in [7, 11) is 1.80. The first-order valence-corrected chi connectivity index (χ1v) is 12.3. The van der Waals surface area contributed by atoms with Gasteiger partial charge in [-0.25, -0.2) is 4.68 Å². The highest BCUT2D eigenvalue weighted by molar-refractivity contribution is 5.91. The third-order valence-corrected chi connectivity index (χ3v) is 8.07. The predicted octanol–water partition coefficient (Wildman–Crippen LogP) is 3.68. The predicted molar refractivity (Wildman–Crippen MR) is 127 cm³/mol. The molecule has 0 spiro atoms. The molecular weight excluding hydrogens is 416 g/mol. The summed E-state index contributed by atoms with van der Waals surface area (Å²) in [4.78, 5) is 38.2. The lowest BCUT2D eigenvalue weighted by Gasteiger charge is -2.56. The molecule has 6 rings (SSSR count). The number of benzene rings is 1. The van der Waals surface area contributed by atoms with Gasteiger partial charge in [0, 0.05) is 25.4 Å². The van der Waals surface area contributed by atoms with Crippen molar-refractivity contribution in [2.45, 2.75) is 70.3 Å². The van der Waals surface area contributed by atoms with E-state index < -0.39 is 0 Å². The molecule has 1 aromatic carbocycles. The number of hydrogen-bond donors (Lipinski definition) is 2. The summed E-state index contributed by atoms with van der Waals surface area (Å²) in [5, 5.41) is 6.15. The van der Waals surface area contributed by atoms with Crippen molar-refractivity contribution in [1.82, 2.24) is 14.7 Å². The minimum atomic E-state index is -0.255. The van der Waals surface area contributed by atoms with E-state index in [0.717, 1.165) is 42.7 Å². The van der Waals surface area contributed by atoms with E-state index in [2.05, 4.69) is 10.6 Å². The number of aromatic nitrogens is 2. The Morgan fingerprint density at radius 1 is 0.970 bits per heavy atom. The molecule has 2 N–H and O–H groups in total. The van der Waals surface area contributed by atoms with Gasteiger partial charge in [0.2, 0.25) is 11.8 Å². The molecule has 4 bridgehead atoms. The van der Waals surface area contributed by atoms with Gasteiger partial charge in [-0.2, -0.15) is 0 Å². The molecular formula is C26H34N4O3. The smallest absolute Gasteiger partial charge is 0.295 e. The summed E-state index contributed by atoms with van der Waals surface area (Å²) in [6.07, 6.45) is 8.47. The average Bonchev–Trinajstić information content (AvgIpc) is 2.96. The summed E-state index contributed by atoms with van der Waals surface area (Å²) in [5.74, 6) is 2.19. The zero-order valence-electron chi connectivity index (χ0n) is 19.6. The maximum atomic E-state index is 12.9. The van der Waals surface area contributed by atoms with E-state index in [1.54, 1.807) is 16.4 Å². The Hall–Kier alpha value is -2.83. The Bertz CT molecular complexity index is 1080. The fourth-order valence-corrected chi connectivity index (χ4v) is 6.95. The topological polar surface area (TPSA) is 85.1 Å². The Morgan fingerprint density at radius 2 is 1.55 bits per heavy atom. The Morgan fingerprint density at radius 3 is 2.15 bits per heavy atom. The van der Waals surface area contributed by atoms with Crippen LogP contribution in [0.2, 0.25) is 0 Å². The number of para-hydroxylation sites is 1. The first-order chi connectivity index (χ1) is 15.8. The molecule has 4 aliphatic rings. The average molecular weight is 451 g/mol. The number of anilines is 1. The lowest BCUT2D eigenvalue weighted by molar-refractivity contribution is -0.127. The number of rotatable bonds is 7. The van der Waals surface area contributed by atoms with Crippen molar-refractivity contribution in [1.29, 1.82) is 0 Å². The number of carbonyl (C=O) groups excluding carboxylic acids is 2. The molecule has 1 heterocycles. The van der Waals surface area contributed by atoms with Crippen molar-refractivity contribution in [3.05, 3.63) is 46.4 Å². The van der Waals surface area contributed by atoms with Gasteiger partial charge in [0.1, 0.15) is 5.69 Å². The largest absolute Gasteiger partial charge is 0.351 e. The number of nitrogens with zero attached hydrogens (tertiary/aromatic N) is 2. The standard InChI is InChI=1S/C26H34N4O3/c1-17-24(25(33)30(29(17)2)21-7-4-3-5-8-21)27-22(31)9-6-10-23(32)28-26-14-18-11-19(15-26)13-20(12-18)16-26/h3-5,7-8,18-20H,6,9-16H2,1-2H3,(H,27,31)(H,28,32). The van der Waals surface area contributed by atoms with Crippen LogP contribution in [0.25, 0.3) is 5.69 Å². The summed E-state index contributed by atoms with van der Waals surface area (Å²) >= 11 is 0. The quantitative estimate of drug-likeness (QED) is 0.675. The second kappa shape index (κ2) is 8.50. The van der Waals surface area contributed by atoms with Gasteiger partial charge >= 0.3 is 0 Å². The maximum absolute atomic E-state index is 12.9. The van der Waals surface area contributed by atoms with E-state index in [-0.39, 0.29) is 29.3 Å². The summed E-state index contributed by atoms with van der Waals surface area (Å²) in [5.41, 5.74) is 1.49. The number of amides is 2. The first-order valence-electron chi connectivity index (χ1n) is 12.3. The number of carbonyl (C=O) groups is 2. The molecule has 2 amide bonds. The third kappa shape index (κ3) is 4.25. The van der Waals surface area contributed by atoms with Crippen molar-refractivity contribution >= 4 is 17.5 Å². The van der Waals surface area contributed by atoms with Crippen LogP contribution in [-0.2, 0) is 16.6 Å². The van der Waals surface area contributed by atoms with Crippen LogP contribution in [0.5, 0.6) is 0 Å². The molecule has 7 heteroatoms. The van der Waals surface area contributed by atoms with E-state index >= 15 is 0 Å². The van der Waals surface area contributed by atoms with Crippen molar-refractivity contribution in [3.8, 4) is 5.69 Å². The highest BCUT2D eigenvalue weighted by Crippen LogP contribution is 2.55. The number of nitrogens with one attached hydrogen (secondary N) is 2. The summed E-state index contributed by atoms with van der Waals surface area (Å²) in [6, 6.07) is 9.35. The second-order valence-corrected chi connectivity index (χ2v) is 10.6. The van der Waals surface area contributed by atoms with Crippen LogP contribution >= 0.6 is 0 Å². The molecule has 0 radical (unpaired) electrons. The molecule has 2 aromatic rings. The summed E-state index contributed by atoms with van der Waals surface area (Å²) in [6.45, 7) is 1.81. The zero-order chi connectivity index (χ0) is 23.2. The van der Waals surface area contributed by atoms with Crippen LogP contribution < -0.4 is 16.2 Å². The van der Waals surface area contributed by atoms with Crippen LogP contribution in [-0.4, -0.2) is 26.7 Å². The van der Waals surface area contributed by atoms with E-state index in [9.17, 15) is 14.4 Å². The molecule has 0 saturated heterocycles. The van der Waals surface area contributed by atoms with Gasteiger partial charge in [0.05, 0.1) is 11.4 Å². The van der Waals surface area contributed by atoms with E-state index in [4.69, 9.17) is 0 Å². The monoisotopic (exact) mass is 450 g/mol. The Labute approximate surface area is 194 Å². The van der Waals surface area contributed by atoms with Crippen LogP contribution in [0.15, 0.2) is 35.1 Å². The van der Waals surface area contributed by atoms with Gasteiger partial charge < -0.3 is 10.6 Å².